The standard InChI is InChI=1S/C14H15NO5S/c16-14(17)11-2-1-3-12-13(11)10(9-21(12,18)19)8-15-4-6-20-7-5-15/h1-3,9H,4-8H2,(H,16,17). The molecule has 2 aliphatic heterocycles. The van der Waals surface area contributed by atoms with E-state index in [2.05, 4.69) is 4.90 Å². The van der Waals surface area contributed by atoms with Crippen LogP contribution in [0.2, 0.25) is 0 Å². The van der Waals surface area contributed by atoms with E-state index in [1.165, 1.54) is 23.6 Å². The Morgan fingerprint density at radius 3 is 2.67 bits per heavy atom. The van der Waals surface area contributed by atoms with E-state index in [0.29, 0.717) is 44.0 Å². The Balaban J connectivity index is 2.02. The molecule has 2 heterocycles. The number of rotatable bonds is 3. The minimum absolute atomic E-state index is 0.0353. The maximum absolute atomic E-state index is 12.2. The third kappa shape index (κ3) is 2.59. The number of hydrogen-bond donors (Lipinski definition) is 1. The number of aromatic carboxylic acids is 1. The molecule has 1 N–H and O–H groups in total. The molecule has 1 aromatic carbocycles. The van der Waals surface area contributed by atoms with Gasteiger partial charge in [-0.2, -0.15) is 0 Å². The lowest BCUT2D eigenvalue weighted by atomic mass is 10.0. The Kier molecular flexibility index (Phi) is 3.56. The molecule has 2 aliphatic rings. The number of ether oxygens (including phenoxy) is 1. The average molecular weight is 309 g/mol. The predicted octanol–water partition coefficient (Wildman–Crippen LogP) is 0.845. The lowest BCUT2D eigenvalue weighted by molar-refractivity contribution is 0.0444. The minimum Gasteiger partial charge on any atom is -0.478 e. The monoisotopic (exact) mass is 309 g/mol. The van der Waals surface area contributed by atoms with Crippen LogP contribution >= 0.6 is 0 Å². The molecule has 0 aromatic heterocycles. The molecule has 3 rings (SSSR count). The van der Waals surface area contributed by atoms with E-state index in [9.17, 15) is 18.3 Å². The van der Waals surface area contributed by atoms with Crippen molar-refractivity contribution in [1.29, 1.82) is 0 Å². The van der Waals surface area contributed by atoms with Crippen LogP contribution in [0.3, 0.4) is 0 Å². The number of morpholine rings is 1. The zero-order valence-electron chi connectivity index (χ0n) is 11.3. The summed E-state index contributed by atoms with van der Waals surface area (Å²) in [6.07, 6.45) is 0. The largest absolute Gasteiger partial charge is 0.478 e. The Hall–Kier alpha value is -1.70. The van der Waals surface area contributed by atoms with Crippen molar-refractivity contribution in [2.45, 2.75) is 4.90 Å². The van der Waals surface area contributed by atoms with Crippen LogP contribution in [0.15, 0.2) is 28.5 Å². The van der Waals surface area contributed by atoms with Crippen LogP contribution < -0.4 is 0 Å². The van der Waals surface area contributed by atoms with Gasteiger partial charge >= 0.3 is 5.97 Å². The molecule has 0 aliphatic carbocycles. The molecule has 1 aromatic rings. The summed E-state index contributed by atoms with van der Waals surface area (Å²) in [5, 5.41) is 10.5. The molecule has 0 radical (unpaired) electrons. The van der Waals surface area contributed by atoms with Crippen LogP contribution in [0.4, 0.5) is 0 Å². The molecule has 1 fully saturated rings. The highest BCUT2D eigenvalue weighted by Gasteiger charge is 2.31. The van der Waals surface area contributed by atoms with Gasteiger partial charge in [-0.3, -0.25) is 4.90 Å². The fraction of sp³-hybridized carbons (Fsp3) is 0.357. The molecule has 0 atom stereocenters. The minimum atomic E-state index is -3.54. The number of nitrogens with zero attached hydrogens (tertiary/aromatic N) is 1. The van der Waals surface area contributed by atoms with Crippen molar-refractivity contribution in [2.24, 2.45) is 0 Å². The number of sulfone groups is 1. The SMILES string of the molecule is O=C(O)c1cccc2c1C(CN1CCOCC1)=CS2(=O)=O. The Morgan fingerprint density at radius 1 is 1.29 bits per heavy atom. The van der Waals surface area contributed by atoms with Gasteiger partial charge in [0.15, 0.2) is 0 Å². The summed E-state index contributed by atoms with van der Waals surface area (Å²) in [4.78, 5) is 13.5. The maximum Gasteiger partial charge on any atom is 0.336 e. The second-order valence-electron chi connectivity index (χ2n) is 5.06. The Bertz CT molecular complexity index is 717. The number of fused-ring (bicyclic) bond motifs is 1. The highest BCUT2D eigenvalue weighted by molar-refractivity contribution is 7.95. The van der Waals surface area contributed by atoms with Gasteiger partial charge in [0.25, 0.3) is 0 Å². The first kappa shape index (κ1) is 14.2. The van der Waals surface area contributed by atoms with Gasteiger partial charge in [-0.15, -0.1) is 0 Å². The van der Waals surface area contributed by atoms with Crippen LogP contribution in [0.1, 0.15) is 15.9 Å². The molecular weight excluding hydrogens is 294 g/mol. The van der Waals surface area contributed by atoms with Gasteiger partial charge in [-0.1, -0.05) is 6.07 Å². The summed E-state index contributed by atoms with van der Waals surface area (Å²) in [7, 11) is -3.54. The molecule has 0 amide bonds. The topological polar surface area (TPSA) is 83.9 Å². The van der Waals surface area contributed by atoms with E-state index in [4.69, 9.17) is 4.74 Å². The zero-order chi connectivity index (χ0) is 15.0. The van der Waals surface area contributed by atoms with Crippen molar-refractivity contribution < 1.29 is 23.1 Å². The van der Waals surface area contributed by atoms with Gasteiger partial charge in [0.1, 0.15) is 0 Å². The normalized spacial score (nSPS) is 20.9. The van der Waals surface area contributed by atoms with Crippen molar-refractivity contribution >= 4 is 21.4 Å². The van der Waals surface area contributed by atoms with Crippen molar-refractivity contribution in [2.75, 3.05) is 32.8 Å². The van der Waals surface area contributed by atoms with Gasteiger partial charge in [-0.05, 0) is 17.7 Å². The van der Waals surface area contributed by atoms with E-state index in [1.807, 2.05) is 0 Å². The fourth-order valence-electron chi connectivity index (χ4n) is 2.70. The third-order valence-electron chi connectivity index (χ3n) is 3.68. The van der Waals surface area contributed by atoms with Gasteiger partial charge in [0.2, 0.25) is 9.84 Å². The first-order valence-electron chi connectivity index (χ1n) is 6.61. The number of carboxylic acid groups (broad SMARTS) is 1. The first-order valence-corrected chi connectivity index (χ1v) is 8.16. The molecule has 0 bridgehead atoms. The number of carbonyl (C=O) groups is 1. The summed E-state index contributed by atoms with van der Waals surface area (Å²) in [6, 6.07) is 4.36. The fourth-order valence-corrected chi connectivity index (χ4v) is 4.19. The van der Waals surface area contributed by atoms with Crippen LogP contribution in [0.25, 0.3) is 5.57 Å². The lowest BCUT2D eigenvalue weighted by Crippen LogP contribution is -2.37. The Labute approximate surface area is 122 Å². The second-order valence-corrected chi connectivity index (χ2v) is 6.83. The summed E-state index contributed by atoms with van der Waals surface area (Å²) in [5.74, 6) is -1.11. The summed E-state index contributed by atoms with van der Waals surface area (Å²) in [6.45, 7) is 3.05. The van der Waals surface area contributed by atoms with Crippen molar-refractivity contribution in [3.8, 4) is 0 Å². The highest BCUT2D eigenvalue weighted by atomic mass is 32.2. The molecule has 21 heavy (non-hydrogen) atoms. The molecular formula is C14H15NO5S. The second kappa shape index (κ2) is 5.25. The summed E-state index contributed by atoms with van der Waals surface area (Å²) < 4.78 is 29.6. The summed E-state index contributed by atoms with van der Waals surface area (Å²) >= 11 is 0. The molecule has 112 valence electrons. The van der Waals surface area contributed by atoms with E-state index in [1.54, 1.807) is 0 Å². The maximum atomic E-state index is 12.2. The van der Waals surface area contributed by atoms with Crippen molar-refractivity contribution in [1.82, 2.24) is 4.90 Å². The van der Waals surface area contributed by atoms with Gasteiger partial charge in [0, 0.05) is 30.6 Å². The first-order chi connectivity index (χ1) is 9.99. The molecule has 0 unspecified atom stereocenters. The quantitative estimate of drug-likeness (QED) is 0.891. The smallest absolute Gasteiger partial charge is 0.336 e. The predicted molar refractivity (Wildman–Crippen MR) is 75.8 cm³/mol. The van der Waals surface area contributed by atoms with E-state index < -0.39 is 15.8 Å². The molecule has 0 spiro atoms. The van der Waals surface area contributed by atoms with Crippen molar-refractivity contribution in [3.05, 3.63) is 34.7 Å². The van der Waals surface area contributed by atoms with Crippen LogP contribution in [0, 0.1) is 0 Å². The van der Waals surface area contributed by atoms with Crippen LogP contribution in [0.5, 0.6) is 0 Å². The van der Waals surface area contributed by atoms with Gasteiger partial charge < -0.3 is 9.84 Å². The average Bonchev–Trinajstić information content (AvgIpc) is 2.71. The van der Waals surface area contributed by atoms with E-state index in [0.717, 1.165) is 0 Å². The lowest BCUT2D eigenvalue weighted by Gasteiger charge is -2.27. The highest BCUT2D eigenvalue weighted by Crippen LogP contribution is 2.36. The zero-order valence-corrected chi connectivity index (χ0v) is 12.1. The van der Waals surface area contributed by atoms with E-state index >= 15 is 0 Å². The number of hydrogen-bond acceptors (Lipinski definition) is 5. The van der Waals surface area contributed by atoms with Gasteiger partial charge in [-0.25, -0.2) is 13.2 Å². The van der Waals surface area contributed by atoms with Crippen molar-refractivity contribution in [3.63, 3.8) is 0 Å². The molecule has 0 saturated carbocycles. The number of carboxylic acids is 1. The molecule has 7 heteroatoms. The van der Waals surface area contributed by atoms with Gasteiger partial charge in [0.05, 0.1) is 23.7 Å². The van der Waals surface area contributed by atoms with E-state index in [-0.39, 0.29) is 10.5 Å². The molecule has 1 saturated heterocycles. The summed E-state index contributed by atoms with van der Waals surface area (Å²) in [5.41, 5.74) is 0.912. The Morgan fingerprint density at radius 2 is 2.00 bits per heavy atom. The van der Waals surface area contributed by atoms with Crippen LogP contribution in [-0.4, -0.2) is 57.2 Å². The number of benzene rings is 1. The van der Waals surface area contributed by atoms with Crippen LogP contribution in [-0.2, 0) is 14.6 Å². The molecule has 6 nitrogen and oxygen atoms in total. The third-order valence-corrected chi connectivity index (χ3v) is 5.23.